The lowest BCUT2D eigenvalue weighted by molar-refractivity contribution is 0.670. The van der Waals surface area contributed by atoms with E-state index in [4.69, 9.17) is 4.42 Å². The van der Waals surface area contributed by atoms with Crippen LogP contribution in [-0.4, -0.2) is 19.5 Å². The molecule has 0 fully saturated rings. The zero-order valence-corrected chi connectivity index (χ0v) is 23.5. The number of aromatic nitrogens is 4. The Morgan fingerprint density at radius 2 is 1.08 bits per heavy atom. The number of benzene rings is 3. The van der Waals surface area contributed by atoms with Crippen LogP contribution in [0.25, 0.3) is 49.7 Å². The van der Waals surface area contributed by atoms with Crippen LogP contribution in [0.4, 0.5) is 0 Å². The van der Waals surface area contributed by atoms with Gasteiger partial charge in [-0.2, -0.15) is 9.97 Å². The van der Waals surface area contributed by atoms with Gasteiger partial charge in [-0.05, 0) is 32.0 Å². The summed E-state index contributed by atoms with van der Waals surface area (Å²) in [5.41, 5.74) is 3.77. The number of rotatable bonds is 1. The predicted molar refractivity (Wildman–Crippen MR) is 156 cm³/mol. The molecule has 5 nitrogen and oxygen atoms in total. The zero-order valence-electron chi connectivity index (χ0n) is 23.5. The molecule has 36 heavy (non-hydrogen) atoms. The minimum atomic E-state index is 0.615. The molecule has 0 saturated heterocycles. The number of furan rings is 1. The lowest BCUT2D eigenvalue weighted by Gasteiger charge is -2.07. The lowest BCUT2D eigenvalue weighted by atomic mass is 10.1. The highest BCUT2D eigenvalue weighted by Gasteiger charge is 2.20. The fourth-order valence-corrected chi connectivity index (χ4v) is 4.14. The summed E-state index contributed by atoms with van der Waals surface area (Å²) < 4.78 is 8.42. The number of para-hydroxylation sites is 2. The second-order valence-corrected chi connectivity index (χ2v) is 7.02. The molecule has 190 valence electrons. The van der Waals surface area contributed by atoms with Crippen molar-refractivity contribution in [2.75, 3.05) is 0 Å². The van der Waals surface area contributed by atoms with Crippen molar-refractivity contribution < 1.29 is 4.42 Å². The van der Waals surface area contributed by atoms with Crippen LogP contribution in [0.5, 0.6) is 0 Å². The molecule has 0 saturated carbocycles. The van der Waals surface area contributed by atoms with E-state index in [1.165, 1.54) is 0 Å². The van der Waals surface area contributed by atoms with Crippen molar-refractivity contribution in [2.24, 2.45) is 0 Å². The second kappa shape index (κ2) is 13.4. The summed E-state index contributed by atoms with van der Waals surface area (Å²) in [6.07, 6.45) is 0. The van der Waals surface area contributed by atoms with Crippen LogP contribution in [0.2, 0.25) is 0 Å². The summed E-state index contributed by atoms with van der Waals surface area (Å²) in [6.45, 7) is 19.8. The Bertz CT molecular complexity index is 1520. The van der Waals surface area contributed by atoms with Gasteiger partial charge in [0, 0.05) is 21.5 Å². The molecule has 0 aliphatic heterocycles. The molecule has 0 amide bonds. The van der Waals surface area contributed by atoms with Crippen LogP contribution in [0.15, 0.2) is 65.1 Å². The number of fused-ring (bicyclic) bond motifs is 7. The van der Waals surface area contributed by atoms with Crippen molar-refractivity contribution in [2.45, 2.75) is 69.2 Å². The van der Waals surface area contributed by atoms with E-state index in [0.717, 1.165) is 43.7 Å². The third-order valence-electron chi connectivity index (χ3n) is 5.23. The largest absolute Gasteiger partial charge is 0.454 e. The first-order chi connectivity index (χ1) is 17.7. The van der Waals surface area contributed by atoms with Crippen molar-refractivity contribution in [1.29, 1.82) is 0 Å². The van der Waals surface area contributed by atoms with Crippen molar-refractivity contribution >= 4 is 43.7 Å². The molecule has 5 heteroatoms. The SMILES string of the molecule is CC.CC.CC.CC.Cc1nc(C)nc(-n2c3ccccc3c3ccc4c5ccccc5oc4c32)n1. The van der Waals surface area contributed by atoms with Gasteiger partial charge < -0.3 is 4.42 Å². The van der Waals surface area contributed by atoms with Crippen molar-refractivity contribution in [3.8, 4) is 5.95 Å². The molecule has 3 heterocycles. The van der Waals surface area contributed by atoms with Gasteiger partial charge in [-0.1, -0.05) is 97.9 Å². The van der Waals surface area contributed by atoms with Crippen molar-refractivity contribution in [3.05, 3.63) is 72.3 Å². The molecular weight excluding hydrogens is 444 g/mol. The van der Waals surface area contributed by atoms with Gasteiger partial charge in [0.15, 0.2) is 5.58 Å². The van der Waals surface area contributed by atoms with Gasteiger partial charge in [0.25, 0.3) is 0 Å². The standard InChI is InChI=1S/C23H16N4O.4C2H6/c1-13-24-14(2)26-23(25-13)27-19-9-5-3-7-15(19)17-11-12-18-16-8-4-6-10-20(16)28-22(18)21(17)27;4*1-2/h3-12H,1-2H3;4*1-2H3. The van der Waals surface area contributed by atoms with Crippen LogP contribution < -0.4 is 0 Å². The summed E-state index contributed by atoms with van der Waals surface area (Å²) in [5.74, 6) is 2.01. The van der Waals surface area contributed by atoms with Crippen molar-refractivity contribution in [3.63, 3.8) is 0 Å². The summed E-state index contributed by atoms with van der Waals surface area (Å²) in [5, 5.41) is 4.47. The molecule has 3 aromatic heterocycles. The lowest BCUT2D eigenvalue weighted by Crippen LogP contribution is -2.06. The molecule has 0 atom stereocenters. The Balaban J connectivity index is 0.000000523. The minimum Gasteiger partial charge on any atom is -0.454 e. The third kappa shape index (κ3) is 5.11. The molecule has 0 unspecified atom stereocenters. The van der Waals surface area contributed by atoms with Gasteiger partial charge in [0.05, 0.1) is 5.52 Å². The van der Waals surface area contributed by atoms with Gasteiger partial charge in [-0.25, -0.2) is 4.98 Å². The maximum Gasteiger partial charge on any atom is 0.238 e. The molecule has 0 aliphatic rings. The molecular formula is C31H40N4O. The Kier molecular flexibility index (Phi) is 10.6. The topological polar surface area (TPSA) is 56.7 Å². The van der Waals surface area contributed by atoms with Gasteiger partial charge in [0.1, 0.15) is 22.7 Å². The van der Waals surface area contributed by atoms with Crippen LogP contribution in [0.3, 0.4) is 0 Å². The molecule has 3 aromatic carbocycles. The summed E-state index contributed by atoms with van der Waals surface area (Å²) >= 11 is 0. The highest BCUT2D eigenvalue weighted by Crippen LogP contribution is 2.39. The minimum absolute atomic E-state index is 0.615. The molecule has 0 N–H and O–H groups in total. The Hall–Kier alpha value is -3.73. The first-order valence-corrected chi connectivity index (χ1v) is 13.2. The molecule has 0 bridgehead atoms. The summed E-state index contributed by atoms with van der Waals surface area (Å²) in [4.78, 5) is 13.6. The molecule has 6 aromatic rings. The monoisotopic (exact) mass is 484 g/mol. The normalized spacial score (nSPS) is 9.94. The van der Waals surface area contributed by atoms with Crippen LogP contribution >= 0.6 is 0 Å². The second-order valence-electron chi connectivity index (χ2n) is 7.02. The van der Waals surface area contributed by atoms with Crippen molar-refractivity contribution in [1.82, 2.24) is 19.5 Å². The molecule has 0 aliphatic carbocycles. The van der Waals surface area contributed by atoms with E-state index < -0.39 is 0 Å². The Labute approximate surface area is 215 Å². The van der Waals surface area contributed by atoms with Gasteiger partial charge in [-0.15, -0.1) is 0 Å². The smallest absolute Gasteiger partial charge is 0.238 e. The van der Waals surface area contributed by atoms with Gasteiger partial charge in [-0.3, -0.25) is 4.57 Å². The van der Waals surface area contributed by atoms with Crippen LogP contribution in [-0.2, 0) is 0 Å². The maximum atomic E-state index is 6.33. The Morgan fingerprint density at radius 1 is 0.556 bits per heavy atom. The van der Waals surface area contributed by atoms with E-state index in [1.54, 1.807) is 0 Å². The predicted octanol–water partition coefficient (Wildman–Crippen LogP) is 9.59. The third-order valence-corrected chi connectivity index (χ3v) is 5.23. The maximum absolute atomic E-state index is 6.33. The fourth-order valence-electron chi connectivity index (χ4n) is 4.14. The van der Waals surface area contributed by atoms with E-state index in [9.17, 15) is 0 Å². The van der Waals surface area contributed by atoms with Crippen LogP contribution in [0.1, 0.15) is 67.0 Å². The zero-order chi connectivity index (χ0) is 26.8. The van der Waals surface area contributed by atoms with E-state index in [-0.39, 0.29) is 0 Å². The van der Waals surface area contributed by atoms with Gasteiger partial charge in [0.2, 0.25) is 5.95 Å². The van der Waals surface area contributed by atoms with E-state index in [0.29, 0.717) is 17.6 Å². The quantitative estimate of drug-likeness (QED) is 0.233. The highest BCUT2D eigenvalue weighted by molar-refractivity contribution is 6.21. The Morgan fingerprint density at radius 3 is 1.72 bits per heavy atom. The highest BCUT2D eigenvalue weighted by atomic mass is 16.3. The van der Waals surface area contributed by atoms with E-state index >= 15 is 0 Å². The summed E-state index contributed by atoms with van der Waals surface area (Å²) in [7, 11) is 0. The number of hydrogen-bond donors (Lipinski definition) is 0. The van der Waals surface area contributed by atoms with Gasteiger partial charge >= 0.3 is 0 Å². The molecule has 0 spiro atoms. The number of hydrogen-bond acceptors (Lipinski definition) is 4. The molecule has 6 rings (SSSR count). The van der Waals surface area contributed by atoms with E-state index in [1.807, 2.05) is 93.5 Å². The number of aryl methyl sites for hydroxylation is 2. The number of nitrogens with zero attached hydrogens (tertiary/aromatic N) is 4. The van der Waals surface area contributed by atoms with E-state index in [2.05, 4.69) is 55.9 Å². The summed E-state index contributed by atoms with van der Waals surface area (Å²) in [6, 6.07) is 20.8. The molecule has 0 radical (unpaired) electrons. The average molecular weight is 485 g/mol. The fraction of sp³-hybridized carbons (Fsp3) is 0.323. The first kappa shape index (κ1) is 28.5. The average Bonchev–Trinajstić information content (AvgIpc) is 3.49. The van der Waals surface area contributed by atoms with Crippen LogP contribution in [0, 0.1) is 13.8 Å². The first-order valence-electron chi connectivity index (χ1n) is 13.2.